The van der Waals surface area contributed by atoms with Crippen LogP contribution in [0.1, 0.15) is 16.8 Å². The standard InChI is InChI=1S/C20H24N4O3/c1-27-17-6-4-5-15(13-17)20(26)24-12-8-16(14-24)19(25)23-11-10-22-18-7-2-3-9-21-18/h2-7,9,13,16H,8,10-12,14H2,1H3,(H,21,22)(H,23,25)/t16-/m0/s1. The van der Waals surface area contributed by atoms with Crippen LogP contribution in [0.2, 0.25) is 0 Å². The van der Waals surface area contributed by atoms with E-state index in [1.54, 1.807) is 42.5 Å². The normalized spacial score (nSPS) is 16.0. The van der Waals surface area contributed by atoms with Crippen molar-refractivity contribution in [2.24, 2.45) is 5.92 Å². The molecular weight excluding hydrogens is 344 g/mol. The highest BCUT2D eigenvalue weighted by atomic mass is 16.5. The van der Waals surface area contributed by atoms with Gasteiger partial charge in [-0.25, -0.2) is 4.98 Å². The molecule has 1 aromatic carbocycles. The molecule has 2 aromatic rings. The van der Waals surface area contributed by atoms with Crippen molar-refractivity contribution in [3.63, 3.8) is 0 Å². The third kappa shape index (κ3) is 4.97. The minimum Gasteiger partial charge on any atom is -0.497 e. The van der Waals surface area contributed by atoms with Crippen LogP contribution in [-0.2, 0) is 4.79 Å². The van der Waals surface area contributed by atoms with Crippen LogP contribution < -0.4 is 15.4 Å². The van der Waals surface area contributed by atoms with Gasteiger partial charge in [0.1, 0.15) is 11.6 Å². The summed E-state index contributed by atoms with van der Waals surface area (Å²) in [5.74, 6) is 1.17. The van der Waals surface area contributed by atoms with Crippen molar-refractivity contribution in [3.8, 4) is 5.75 Å². The quantitative estimate of drug-likeness (QED) is 0.728. The molecule has 2 heterocycles. The molecule has 7 nitrogen and oxygen atoms in total. The number of hydrogen-bond donors (Lipinski definition) is 2. The Morgan fingerprint density at radius 2 is 2.11 bits per heavy atom. The zero-order chi connectivity index (χ0) is 19.1. The van der Waals surface area contributed by atoms with Gasteiger partial charge in [0, 0.05) is 37.9 Å². The largest absolute Gasteiger partial charge is 0.497 e. The number of anilines is 1. The zero-order valence-electron chi connectivity index (χ0n) is 15.4. The summed E-state index contributed by atoms with van der Waals surface area (Å²) in [4.78, 5) is 30.9. The summed E-state index contributed by atoms with van der Waals surface area (Å²) in [6.45, 7) is 2.13. The lowest BCUT2D eigenvalue weighted by atomic mass is 10.1. The van der Waals surface area contributed by atoms with E-state index in [4.69, 9.17) is 4.74 Å². The van der Waals surface area contributed by atoms with Gasteiger partial charge in [-0.15, -0.1) is 0 Å². The molecule has 0 unspecified atom stereocenters. The Kier molecular flexibility index (Phi) is 6.25. The van der Waals surface area contributed by atoms with Crippen LogP contribution in [0.4, 0.5) is 5.82 Å². The molecule has 0 spiro atoms. The first-order valence-electron chi connectivity index (χ1n) is 9.03. The third-order valence-electron chi connectivity index (χ3n) is 4.56. The van der Waals surface area contributed by atoms with E-state index in [9.17, 15) is 9.59 Å². The molecule has 1 saturated heterocycles. The zero-order valence-corrected chi connectivity index (χ0v) is 15.4. The maximum atomic E-state index is 12.6. The lowest BCUT2D eigenvalue weighted by Crippen LogP contribution is -2.36. The highest BCUT2D eigenvalue weighted by molar-refractivity contribution is 5.95. The Labute approximate surface area is 158 Å². The number of aromatic nitrogens is 1. The number of benzene rings is 1. The number of rotatable bonds is 7. The summed E-state index contributed by atoms with van der Waals surface area (Å²) >= 11 is 0. The van der Waals surface area contributed by atoms with E-state index >= 15 is 0 Å². The summed E-state index contributed by atoms with van der Waals surface area (Å²) in [6, 6.07) is 12.7. The van der Waals surface area contributed by atoms with Crippen LogP contribution in [0.3, 0.4) is 0 Å². The maximum Gasteiger partial charge on any atom is 0.254 e. The van der Waals surface area contributed by atoms with E-state index in [-0.39, 0.29) is 17.7 Å². The first-order chi connectivity index (χ1) is 13.2. The molecule has 1 aliphatic heterocycles. The maximum absolute atomic E-state index is 12.6. The summed E-state index contributed by atoms with van der Waals surface area (Å²) < 4.78 is 5.17. The second-order valence-electron chi connectivity index (χ2n) is 6.40. The average molecular weight is 368 g/mol. The lowest BCUT2D eigenvalue weighted by Gasteiger charge is -2.17. The summed E-state index contributed by atoms with van der Waals surface area (Å²) in [5, 5.41) is 6.07. The molecule has 142 valence electrons. The van der Waals surface area contributed by atoms with Crippen LogP contribution in [0.5, 0.6) is 5.75 Å². The van der Waals surface area contributed by atoms with E-state index in [2.05, 4.69) is 15.6 Å². The summed E-state index contributed by atoms with van der Waals surface area (Å²) in [6.07, 6.45) is 2.39. The molecule has 3 rings (SSSR count). The molecule has 1 fully saturated rings. The highest BCUT2D eigenvalue weighted by Gasteiger charge is 2.31. The fraction of sp³-hybridized carbons (Fsp3) is 0.350. The van der Waals surface area contributed by atoms with Crippen molar-refractivity contribution < 1.29 is 14.3 Å². The SMILES string of the molecule is COc1cccc(C(=O)N2CC[C@H](C(=O)NCCNc3ccccn3)C2)c1. The summed E-state index contributed by atoms with van der Waals surface area (Å²) in [5.41, 5.74) is 0.579. The van der Waals surface area contributed by atoms with Gasteiger partial charge in [0.05, 0.1) is 13.0 Å². The van der Waals surface area contributed by atoms with Gasteiger partial charge in [-0.3, -0.25) is 9.59 Å². The topological polar surface area (TPSA) is 83.6 Å². The minimum atomic E-state index is -0.172. The number of hydrogen-bond acceptors (Lipinski definition) is 5. The average Bonchev–Trinajstić information content (AvgIpc) is 3.21. The monoisotopic (exact) mass is 368 g/mol. The molecule has 27 heavy (non-hydrogen) atoms. The molecule has 7 heteroatoms. The minimum absolute atomic E-state index is 0.0150. The third-order valence-corrected chi connectivity index (χ3v) is 4.56. The number of nitrogens with zero attached hydrogens (tertiary/aromatic N) is 2. The Morgan fingerprint density at radius 1 is 1.22 bits per heavy atom. The van der Waals surface area contributed by atoms with Gasteiger partial charge < -0.3 is 20.3 Å². The molecular formula is C20H24N4O3. The van der Waals surface area contributed by atoms with Gasteiger partial charge in [0.15, 0.2) is 0 Å². The predicted octanol–water partition coefficient (Wildman–Crippen LogP) is 1.78. The van der Waals surface area contributed by atoms with E-state index < -0.39 is 0 Å². The number of amides is 2. The number of carbonyl (C=O) groups is 2. The number of nitrogens with one attached hydrogen (secondary N) is 2. The highest BCUT2D eigenvalue weighted by Crippen LogP contribution is 2.21. The molecule has 2 amide bonds. The van der Waals surface area contributed by atoms with Gasteiger partial charge in [0.2, 0.25) is 5.91 Å². The van der Waals surface area contributed by atoms with Gasteiger partial charge in [0.25, 0.3) is 5.91 Å². The molecule has 1 aromatic heterocycles. The van der Waals surface area contributed by atoms with Crippen molar-refractivity contribution in [3.05, 3.63) is 54.2 Å². The first kappa shape index (κ1) is 18.7. The molecule has 1 aliphatic rings. The van der Waals surface area contributed by atoms with Gasteiger partial charge in [-0.05, 0) is 36.8 Å². The number of pyridine rings is 1. The van der Waals surface area contributed by atoms with Gasteiger partial charge in [-0.1, -0.05) is 12.1 Å². The molecule has 1 atom stereocenters. The van der Waals surface area contributed by atoms with Crippen LogP contribution in [0.15, 0.2) is 48.7 Å². The van der Waals surface area contributed by atoms with Crippen LogP contribution in [0, 0.1) is 5.92 Å². The van der Waals surface area contributed by atoms with Crippen LogP contribution in [-0.4, -0.2) is 55.0 Å². The van der Waals surface area contributed by atoms with Gasteiger partial charge in [-0.2, -0.15) is 0 Å². The lowest BCUT2D eigenvalue weighted by molar-refractivity contribution is -0.124. The molecule has 0 radical (unpaired) electrons. The van der Waals surface area contributed by atoms with Crippen molar-refractivity contribution >= 4 is 17.6 Å². The second kappa shape index (κ2) is 9.02. The number of ether oxygens (including phenoxy) is 1. The van der Waals surface area contributed by atoms with Crippen LogP contribution >= 0.6 is 0 Å². The second-order valence-corrected chi connectivity index (χ2v) is 6.40. The Hall–Kier alpha value is -3.09. The number of methoxy groups -OCH3 is 1. The van der Waals surface area contributed by atoms with Crippen molar-refractivity contribution in [2.75, 3.05) is 38.6 Å². The van der Waals surface area contributed by atoms with E-state index in [1.807, 2.05) is 18.2 Å². The Morgan fingerprint density at radius 3 is 2.89 bits per heavy atom. The molecule has 0 saturated carbocycles. The summed E-state index contributed by atoms with van der Waals surface area (Å²) in [7, 11) is 1.57. The fourth-order valence-corrected chi connectivity index (χ4v) is 3.09. The fourth-order valence-electron chi connectivity index (χ4n) is 3.09. The molecule has 2 N–H and O–H groups in total. The van der Waals surface area contributed by atoms with E-state index in [0.29, 0.717) is 43.9 Å². The molecule has 0 bridgehead atoms. The first-order valence-corrected chi connectivity index (χ1v) is 9.03. The van der Waals surface area contributed by atoms with Gasteiger partial charge >= 0.3 is 0 Å². The van der Waals surface area contributed by atoms with Crippen LogP contribution in [0.25, 0.3) is 0 Å². The van der Waals surface area contributed by atoms with Crippen molar-refractivity contribution in [1.82, 2.24) is 15.2 Å². The number of carbonyl (C=O) groups excluding carboxylic acids is 2. The Balaban J connectivity index is 1.44. The molecule has 0 aliphatic carbocycles. The van der Waals surface area contributed by atoms with E-state index in [0.717, 1.165) is 5.82 Å². The number of likely N-dealkylation sites (tertiary alicyclic amines) is 1. The smallest absolute Gasteiger partial charge is 0.254 e. The van der Waals surface area contributed by atoms with E-state index in [1.165, 1.54) is 0 Å². The Bertz CT molecular complexity index is 782. The predicted molar refractivity (Wildman–Crippen MR) is 103 cm³/mol. The van der Waals surface area contributed by atoms with Crippen molar-refractivity contribution in [1.29, 1.82) is 0 Å². The van der Waals surface area contributed by atoms with Crippen molar-refractivity contribution in [2.45, 2.75) is 6.42 Å².